The zero-order valence-electron chi connectivity index (χ0n) is 23.6. The molecule has 2 aromatic rings. The molecule has 0 bridgehead atoms. The molecule has 0 fully saturated rings. The quantitative estimate of drug-likeness (QED) is 0.489. The molecular weight excluding hydrogens is 512 g/mol. The molecule has 1 heterocycles. The highest BCUT2D eigenvalue weighted by Gasteiger charge is 2.27. The molecule has 212 valence electrons. The number of benzene rings is 2. The Labute approximate surface area is 238 Å². The minimum atomic E-state index is -0.642. The monoisotopic (exact) mass is 554 g/mol. The molecule has 3 atom stereocenters. The van der Waals surface area contributed by atoms with Gasteiger partial charge < -0.3 is 25.6 Å². The van der Waals surface area contributed by atoms with E-state index >= 15 is 0 Å². The molecule has 2 aromatic carbocycles. The summed E-state index contributed by atoms with van der Waals surface area (Å²) < 4.78 is 6.14. The zero-order chi connectivity index (χ0) is 28.2. The van der Waals surface area contributed by atoms with Crippen molar-refractivity contribution in [2.75, 3.05) is 40.3 Å². The van der Waals surface area contributed by atoms with Gasteiger partial charge >= 0.3 is 0 Å². The summed E-state index contributed by atoms with van der Waals surface area (Å²) in [4.78, 5) is 28.4. The summed E-state index contributed by atoms with van der Waals surface area (Å²) in [5, 5.41) is 10.3. The molecule has 39 heavy (non-hydrogen) atoms. The SMILES string of the molecule is CC(C)[C@H]1/C=C/[C@@H](Cc2cccc(Cl)c2)NCCOc2ccccc2CCCNC(=O)[C@H](CN(C)C)NC1=O. The van der Waals surface area contributed by atoms with Gasteiger partial charge in [0.25, 0.3) is 0 Å². The van der Waals surface area contributed by atoms with Crippen molar-refractivity contribution in [3.05, 3.63) is 76.8 Å². The number of aryl methyl sites for hydroxylation is 1. The summed E-state index contributed by atoms with van der Waals surface area (Å²) in [6, 6.07) is 15.2. The van der Waals surface area contributed by atoms with Crippen molar-refractivity contribution in [1.82, 2.24) is 20.9 Å². The smallest absolute Gasteiger partial charge is 0.243 e. The minimum Gasteiger partial charge on any atom is -0.492 e. The lowest BCUT2D eigenvalue weighted by Crippen LogP contribution is -2.53. The number of likely N-dealkylation sites (N-methyl/N-ethyl adjacent to an activating group) is 1. The molecule has 0 spiro atoms. The maximum atomic E-state index is 13.4. The number of carbonyl (C=O) groups excluding carboxylic acids is 2. The van der Waals surface area contributed by atoms with Crippen molar-refractivity contribution in [2.45, 2.75) is 45.2 Å². The minimum absolute atomic E-state index is 0.0314. The Hall–Kier alpha value is -2.87. The summed E-state index contributed by atoms with van der Waals surface area (Å²) in [6.07, 6.45) is 6.29. The van der Waals surface area contributed by atoms with Crippen LogP contribution < -0.4 is 20.7 Å². The Balaban J connectivity index is 1.86. The van der Waals surface area contributed by atoms with E-state index < -0.39 is 6.04 Å². The molecule has 1 aliphatic heterocycles. The molecule has 0 unspecified atom stereocenters. The van der Waals surface area contributed by atoms with Crippen molar-refractivity contribution in [1.29, 1.82) is 0 Å². The number of para-hydroxylation sites is 1. The number of fused-ring (bicyclic) bond motifs is 1. The van der Waals surface area contributed by atoms with Crippen LogP contribution in [0.2, 0.25) is 5.02 Å². The molecule has 0 radical (unpaired) electrons. The van der Waals surface area contributed by atoms with Crippen LogP contribution in [0.15, 0.2) is 60.7 Å². The van der Waals surface area contributed by atoms with Gasteiger partial charge in [0, 0.05) is 30.7 Å². The predicted molar refractivity (Wildman–Crippen MR) is 158 cm³/mol. The Kier molecular flexibility index (Phi) is 12.3. The summed E-state index contributed by atoms with van der Waals surface area (Å²) in [5.74, 6) is 0.221. The molecule has 7 nitrogen and oxygen atoms in total. The molecular formula is C31H43ClN4O3. The fraction of sp³-hybridized carbons (Fsp3) is 0.484. The predicted octanol–water partition coefficient (Wildman–Crippen LogP) is 3.86. The average molecular weight is 555 g/mol. The second-order valence-electron chi connectivity index (χ2n) is 10.7. The number of rotatable bonds is 5. The summed E-state index contributed by atoms with van der Waals surface area (Å²) in [6.45, 7) is 6.13. The maximum absolute atomic E-state index is 13.4. The fourth-order valence-corrected chi connectivity index (χ4v) is 4.90. The normalized spacial score (nSPS) is 22.7. The van der Waals surface area contributed by atoms with Gasteiger partial charge in [-0.05, 0) is 68.6 Å². The van der Waals surface area contributed by atoms with Gasteiger partial charge in [-0.3, -0.25) is 9.59 Å². The number of hydrogen-bond donors (Lipinski definition) is 3. The number of carbonyl (C=O) groups is 2. The van der Waals surface area contributed by atoms with Crippen LogP contribution >= 0.6 is 11.6 Å². The van der Waals surface area contributed by atoms with Gasteiger partial charge in [-0.25, -0.2) is 0 Å². The standard InChI is InChI=1S/C31H43ClN4O3/c1-22(2)27-15-14-26(20-23-9-7-12-25(32)19-23)33-17-18-39-29-13-6-5-10-24(29)11-8-16-34-31(38)28(21-36(3)4)35-30(27)37/h5-7,9-10,12-15,19,22,26-28,33H,8,11,16-18,20-21H2,1-4H3,(H,34,38)(H,35,37)/b15-14+/t26-,27+,28-/m0/s1. The lowest BCUT2D eigenvalue weighted by molar-refractivity contribution is -0.131. The van der Waals surface area contributed by atoms with Crippen LogP contribution in [0.5, 0.6) is 5.75 Å². The van der Waals surface area contributed by atoms with Crippen molar-refractivity contribution >= 4 is 23.4 Å². The van der Waals surface area contributed by atoms with E-state index in [1.165, 1.54) is 0 Å². The third-order valence-electron chi connectivity index (χ3n) is 6.76. The van der Waals surface area contributed by atoms with Gasteiger partial charge in [0.05, 0.1) is 5.92 Å². The van der Waals surface area contributed by atoms with Gasteiger partial charge in [-0.2, -0.15) is 0 Å². The summed E-state index contributed by atoms with van der Waals surface area (Å²) in [7, 11) is 3.79. The fourth-order valence-electron chi connectivity index (χ4n) is 4.69. The van der Waals surface area contributed by atoms with Crippen LogP contribution in [-0.4, -0.2) is 69.1 Å². The Morgan fingerprint density at radius 3 is 2.56 bits per heavy atom. The first-order chi connectivity index (χ1) is 18.7. The van der Waals surface area contributed by atoms with E-state index in [1.807, 2.05) is 75.3 Å². The van der Waals surface area contributed by atoms with Crippen molar-refractivity contribution < 1.29 is 14.3 Å². The number of amides is 2. The van der Waals surface area contributed by atoms with Crippen molar-refractivity contribution in [2.24, 2.45) is 11.8 Å². The van der Waals surface area contributed by atoms with Gasteiger partial charge in [0.1, 0.15) is 18.4 Å². The first-order valence-electron chi connectivity index (χ1n) is 13.8. The van der Waals surface area contributed by atoms with Gasteiger partial charge in [-0.1, -0.05) is 67.9 Å². The molecule has 0 saturated heterocycles. The van der Waals surface area contributed by atoms with Crippen LogP contribution in [0.25, 0.3) is 0 Å². The molecule has 3 N–H and O–H groups in total. The first kappa shape index (κ1) is 30.7. The highest BCUT2D eigenvalue weighted by Crippen LogP contribution is 2.20. The van der Waals surface area contributed by atoms with E-state index in [4.69, 9.17) is 16.3 Å². The number of ether oxygens (including phenoxy) is 1. The van der Waals surface area contributed by atoms with E-state index in [0.717, 1.165) is 29.7 Å². The highest BCUT2D eigenvalue weighted by atomic mass is 35.5. The Morgan fingerprint density at radius 1 is 1.03 bits per heavy atom. The Bertz CT molecular complexity index is 1100. The molecule has 0 aliphatic carbocycles. The van der Waals surface area contributed by atoms with E-state index in [2.05, 4.69) is 34.2 Å². The topological polar surface area (TPSA) is 82.7 Å². The van der Waals surface area contributed by atoms with E-state index in [-0.39, 0.29) is 29.7 Å². The largest absolute Gasteiger partial charge is 0.492 e. The van der Waals surface area contributed by atoms with Gasteiger partial charge in [0.2, 0.25) is 11.8 Å². The first-order valence-corrected chi connectivity index (χ1v) is 14.2. The molecule has 2 amide bonds. The van der Waals surface area contributed by atoms with Crippen molar-refractivity contribution in [3.8, 4) is 5.75 Å². The lowest BCUT2D eigenvalue weighted by Gasteiger charge is -2.25. The van der Waals surface area contributed by atoms with Gasteiger partial charge in [0.15, 0.2) is 0 Å². The number of halogens is 1. The third-order valence-corrected chi connectivity index (χ3v) is 6.99. The summed E-state index contributed by atoms with van der Waals surface area (Å²) >= 11 is 6.24. The number of hydrogen-bond acceptors (Lipinski definition) is 5. The van der Waals surface area contributed by atoms with E-state index in [0.29, 0.717) is 37.7 Å². The van der Waals surface area contributed by atoms with Crippen LogP contribution in [0.4, 0.5) is 0 Å². The van der Waals surface area contributed by atoms with Crippen molar-refractivity contribution in [3.63, 3.8) is 0 Å². The van der Waals surface area contributed by atoms with Crippen LogP contribution in [0.3, 0.4) is 0 Å². The lowest BCUT2D eigenvalue weighted by atomic mass is 9.92. The highest BCUT2D eigenvalue weighted by molar-refractivity contribution is 6.30. The average Bonchev–Trinajstić information content (AvgIpc) is 2.88. The molecule has 3 rings (SSSR count). The van der Waals surface area contributed by atoms with E-state index in [9.17, 15) is 9.59 Å². The van der Waals surface area contributed by atoms with Crippen LogP contribution in [0.1, 0.15) is 31.4 Å². The molecule has 1 aliphatic rings. The van der Waals surface area contributed by atoms with E-state index in [1.54, 1.807) is 0 Å². The second kappa shape index (κ2) is 15.7. The zero-order valence-corrected chi connectivity index (χ0v) is 24.3. The maximum Gasteiger partial charge on any atom is 0.243 e. The molecule has 8 heteroatoms. The third kappa shape index (κ3) is 10.3. The number of nitrogens with zero attached hydrogens (tertiary/aromatic N) is 1. The number of nitrogens with one attached hydrogen (secondary N) is 3. The summed E-state index contributed by atoms with van der Waals surface area (Å²) in [5.41, 5.74) is 2.22. The molecule has 0 saturated carbocycles. The van der Waals surface area contributed by atoms with Crippen LogP contribution in [0, 0.1) is 11.8 Å². The van der Waals surface area contributed by atoms with Gasteiger partial charge in [-0.15, -0.1) is 0 Å². The van der Waals surface area contributed by atoms with Crippen LogP contribution in [-0.2, 0) is 22.4 Å². The Morgan fingerprint density at radius 2 is 1.82 bits per heavy atom. The molecule has 0 aromatic heterocycles. The second-order valence-corrected chi connectivity index (χ2v) is 11.2.